The van der Waals surface area contributed by atoms with Crippen LogP contribution in [0.5, 0.6) is 0 Å². The number of thiophene rings is 1. The van der Waals surface area contributed by atoms with Gasteiger partial charge in [0.25, 0.3) is 0 Å². The van der Waals surface area contributed by atoms with Crippen LogP contribution in [0.3, 0.4) is 0 Å². The molecule has 2 unspecified atom stereocenters. The van der Waals surface area contributed by atoms with Gasteiger partial charge >= 0.3 is 12.4 Å². The van der Waals surface area contributed by atoms with Gasteiger partial charge in [0.2, 0.25) is 5.76 Å². The van der Waals surface area contributed by atoms with Crippen LogP contribution in [-0.4, -0.2) is 60.9 Å². The average Bonchev–Trinajstić information content (AvgIpc) is 3.42. The molecule has 7 nitrogen and oxygen atoms in total. The largest absolute Gasteiger partial charge is 0.452 e. The lowest BCUT2D eigenvalue weighted by molar-refractivity contribution is -0.155. The van der Waals surface area contributed by atoms with Gasteiger partial charge in [-0.2, -0.15) is 26.3 Å². The predicted molar refractivity (Wildman–Crippen MR) is 110 cm³/mol. The number of piperazine rings is 1. The first-order chi connectivity index (χ1) is 15.7. The van der Waals surface area contributed by atoms with Crippen LogP contribution in [0.1, 0.15) is 34.4 Å². The molecular weight excluding hydrogens is 512 g/mol. The molecule has 2 aliphatic heterocycles. The maximum atomic E-state index is 13.2. The Morgan fingerprint density at radius 3 is 2.32 bits per heavy atom. The van der Waals surface area contributed by atoms with Crippen LogP contribution in [0.4, 0.5) is 32.2 Å². The number of aromatic nitrogens is 1. The van der Waals surface area contributed by atoms with Crippen molar-refractivity contribution in [1.82, 2.24) is 10.1 Å². The lowest BCUT2D eigenvalue weighted by Gasteiger charge is -2.45. The predicted octanol–water partition coefficient (Wildman–Crippen LogP) is 3.78. The van der Waals surface area contributed by atoms with E-state index in [1.54, 1.807) is 4.90 Å². The highest BCUT2D eigenvalue weighted by Gasteiger charge is 2.42. The van der Waals surface area contributed by atoms with Crippen LogP contribution in [0, 0.1) is 5.92 Å². The van der Waals surface area contributed by atoms with Gasteiger partial charge in [-0.05, 0) is 25.0 Å². The van der Waals surface area contributed by atoms with Crippen molar-refractivity contribution in [3.63, 3.8) is 0 Å². The summed E-state index contributed by atoms with van der Waals surface area (Å²) in [5.41, 5.74) is 0. The zero-order valence-electron chi connectivity index (χ0n) is 17.5. The maximum Gasteiger partial charge on any atom is 0.452 e. The van der Waals surface area contributed by atoms with E-state index >= 15 is 0 Å². The highest BCUT2D eigenvalue weighted by atomic mass is 32.2. The molecule has 15 heteroatoms. The van der Waals surface area contributed by atoms with Gasteiger partial charge in [-0.25, -0.2) is 8.42 Å². The first kappa shape index (κ1) is 25.3. The number of rotatable bonds is 4. The second-order valence-corrected chi connectivity index (χ2v) is 11.8. The monoisotopic (exact) mass is 533 g/mol. The molecule has 2 aliphatic rings. The fourth-order valence-electron chi connectivity index (χ4n) is 4.29. The fourth-order valence-corrected chi connectivity index (χ4v) is 6.80. The maximum absolute atomic E-state index is 13.2. The molecule has 1 N–H and O–H groups in total. The molecule has 34 heavy (non-hydrogen) atoms. The number of halogens is 6. The molecule has 2 aromatic rings. The first-order valence-electron chi connectivity index (χ1n) is 10.3. The molecule has 0 spiro atoms. The smallest absolute Gasteiger partial charge is 0.378 e. The number of hydrogen-bond donors (Lipinski definition) is 1. The van der Waals surface area contributed by atoms with Crippen LogP contribution in [0.15, 0.2) is 22.7 Å². The van der Waals surface area contributed by atoms with Crippen LogP contribution >= 0.6 is 11.3 Å². The topological polar surface area (TPSA) is 86.9 Å². The van der Waals surface area contributed by atoms with E-state index < -0.39 is 51.0 Å². The van der Waals surface area contributed by atoms with Gasteiger partial charge in [-0.3, -0.25) is 4.90 Å². The molecule has 0 bridgehead atoms. The Kier molecular flexibility index (Phi) is 6.68. The van der Waals surface area contributed by atoms with Gasteiger partial charge in [0.15, 0.2) is 5.82 Å². The third kappa shape index (κ3) is 5.36. The molecule has 4 heterocycles. The molecule has 2 saturated heterocycles. The van der Waals surface area contributed by atoms with Crippen molar-refractivity contribution < 1.29 is 44.4 Å². The van der Waals surface area contributed by atoms with Crippen molar-refractivity contribution in [2.45, 2.75) is 37.5 Å². The van der Waals surface area contributed by atoms with E-state index in [-0.39, 0.29) is 54.7 Å². The van der Waals surface area contributed by atoms with Crippen molar-refractivity contribution in [1.29, 1.82) is 0 Å². The number of nitrogens with zero attached hydrogens (tertiary/aromatic N) is 3. The summed E-state index contributed by atoms with van der Waals surface area (Å²) in [6, 6.07) is 2.16. The summed E-state index contributed by atoms with van der Waals surface area (Å²) in [6.45, 7) is 0.214. The summed E-state index contributed by atoms with van der Waals surface area (Å²) in [5.74, 6) is -1.97. The lowest BCUT2D eigenvalue weighted by Crippen LogP contribution is -2.54. The standard InChI is InChI=1S/C19H21F6N3O4S2/c20-18(21,22)14-9-16(26-32-14)27-5-6-28(17(29)11-3-7-34(30,31)8-4-11)12(10-27)13-1-2-15(33-13)19(23,24)25/h1-2,9,11-12,17,29H,3-8,10H2. The third-order valence-electron chi connectivity index (χ3n) is 6.12. The van der Waals surface area contributed by atoms with Gasteiger partial charge in [0, 0.05) is 36.5 Å². The normalized spacial score (nSPS) is 23.9. The number of anilines is 1. The van der Waals surface area contributed by atoms with Crippen LogP contribution in [-0.2, 0) is 22.2 Å². The second-order valence-electron chi connectivity index (χ2n) is 8.35. The number of aliphatic hydroxyl groups excluding tert-OH is 1. The Labute approximate surface area is 194 Å². The summed E-state index contributed by atoms with van der Waals surface area (Å²) < 4.78 is 106. The first-order valence-corrected chi connectivity index (χ1v) is 13.0. The van der Waals surface area contributed by atoms with Crippen LogP contribution < -0.4 is 4.90 Å². The van der Waals surface area contributed by atoms with Crippen molar-refractivity contribution >= 4 is 27.0 Å². The lowest BCUT2D eigenvalue weighted by atomic mass is 9.97. The van der Waals surface area contributed by atoms with E-state index in [1.807, 2.05) is 0 Å². The molecule has 2 fully saturated rings. The number of aliphatic hydroxyl groups is 1. The fraction of sp³-hybridized carbons (Fsp3) is 0.632. The van der Waals surface area contributed by atoms with Gasteiger partial charge in [-0.15, -0.1) is 11.3 Å². The highest BCUT2D eigenvalue weighted by molar-refractivity contribution is 7.91. The molecule has 2 atom stereocenters. The molecule has 0 saturated carbocycles. The van der Waals surface area contributed by atoms with Crippen molar-refractivity contribution in [3.05, 3.63) is 33.7 Å². The minimum atomic E-state index is -4.74. The number of alkyl halides is 6. The second kappa shape index (κ2) is 8.99. The Hall–Kier alpha value is -1.84. The number of hydrogen-bond acceptors (Lipinski definition) is 8. The Morgan fingerprint density at radius 1 is 1.09 bits per heavy atom. The van der Waals surface area contributed by atoms with Gasteiger partial charge in [-0.1, -0.05) is 5.16 Å². The van der Waals surface area contributed by atoms with Crippen molar-refractivity contribution in [2.75, 3.05) is 36.0 Å². The molecule has 0 amide bonds. The third-order valence-corrected chi connectivity index (χ3v) is 9.06. The Morgan fingerprint density at radius 2 is 1.76 bits per heavy atom. The summed E-state index contributed by atoms with van der Waals surface area (Å²) in [4.78, 5) is 2.50. The molecule has 2 aromatic heterocycles. The summed E-state index contributed by atoms with van der Waals surface area (Å²) >= 11 is 0.496. The van der Waals surface area contributed by atoms with E-state index in [0.29, 0.717) is 11.3 Å². The van der Waals surface area contributed by atoms with E-state index in [9.17, 15) is 39.9 Å². The zero-order chi connectivity index (χ0) is 24.9. The quantitative estimate of drug-likeness (QED) is 0.599. The molecule has 0 aliphatic carbocycles. The molecular formula is C19H21F6N3O4S2. The van der Waals surface area contributed by atoms with Gasteiger partial charge < -0.3 is 14.5 Å². The average molecular weight is 534 g/mol. The van der Waals surface area contributed by atoms with E-state index in [4.69, 9.17) is 0 Å². The molecule has 0 aromatic carbocycles. The van der Waals surface area contributed by atoms with Gasteiger partial charge in [0.05, 0.1) is 17.5 Å². The van der Waals surface area contributed by atoms with Crippen molar-refractivity contribution in [2.24, 2.45) is 5.92 Å². The minimum Gasteiger partial charge on any atom is -0.378 e. The zero-order valence-corrected chi connectivity index (χ0v) is 19.1. The van der Waals surface area contributed by atoms with E-state index in [0.717, 1.165) is 12.1 Å². The minimum absolute atomic E-state index is 0.0380. The van der Waals surface area contributed by atoms with Gasteiger partial charge in [0.1, 0.15) is 20.9 Å². The van der Waals surface area contributed by atoms with E-state index in [2.05, 4.69) is 9.68 Å². The van der Waals surface area contributed by atoms with Crippen molar-refractivity contribution in [3.8, 4) is 0 Å². The molecule has 4 rings (SSSR count). The molecule has 0 radical (unpaired) electrons. The Bertz CT molecular complexity index is 1100. The van der Waals surface area contributed by atoms with Crippen LogP contribution in [0.2, 0.25) is 0 Å². The Balaban J connectivity index is 1.60. The summed E-state index contributed by atoms with van der Waals surface area (Å²) in [6.07, 6.45) is -9.99. The van der Waals surface area contributed by atoms with E-state index in [1.165, 1.54) is 11.0 Å². The highest BCUT2D eigenvalue weighted by Crippen LogP contribution is 2.41. The molecule has 190 valence electrons. The van der Waals surface area contributed by atoms with Crippen LogP contribution in [0.25, 0.3) is 0 Å². The SMILES string of the molecule is O=S1(=O)CCC(C(O)N2CCN(c3cc(C(F)(F)F)on3)CC2c2ccc(C(F)(F)F)s2)CC1. The summed E-state index contributed by atoms with van der Waals surface area (Å²) in [5, 5.41) is 14.5. The number of sulfone groups is 1. The summed E-state index contributed by atoms with van der Waals surface area (Å²) in [7, 11) is -3.18.